The van der Waals surface area contributed by atoms with E-state index < -0.39 is 0 Å². The first-order valence-corrected chi connectivity index (χ1v) is 11.7. The van der Waals surface area contributed by atoms with Crippen LogP contribution in [0, 0.1) is 0 Å². The molecule has 154 valence electrons. The summed E-state index contributed by atoms with van der Waals surface area (Å²) in [5.41, 5.74) is 2.12. The van der Waals surface area contributed by atoms with Gasteiger partial charge in [0, 0.05) is 19.5 Å². The van der Waals surface area contributed by atoms with Gasteiger partial charge in [-0.15, -0.1) is 10.2 Å². The molecule has 0 aliphatic carbocycles. The Labute approximate surface area is 184 Å². The molecule has 0 aliphatic heterocycles. The second-order valence-corrected chi connectivity index (χ2v) is 8.65. The maximum absolute atomic E-state index is 12.9. The van der Waals surface area contributed by atoms with Gasteiger partial charge in [-0.25, -0.2) is 4.98 Å². The minimum absolute atomic E-state index is 0.0248. The van der Waals surface area contributed by atoms with Crippen molar-refractivity contribution in [1.29, 1.82) is 0 Å². The monoisotopic (exact) mass is 437 g/mol. The van der Waals surface area contributed by atoms with Crippen molar-refractivity contribution in [3.05, 3.63) is 66.0 Å². The normalized spacial score (nSPS) is 11.1. The van der Waals surface area contributed by atoms with Crippen LogP contribution < -0.4 is 4.90 Å². The number of anilines is 1. The maximum atomic E-state index is 12.9. The van der Waals surface area contributed by atoms with Crippen molar-refractivity contribution >= 4 is 44.4 Å². The number of benzene rings is 2. The van der Waals surface area contributed by atoms with E-state index in [4.69, 9.17) is 0 Å². The van der Waals surface area contributed by atoms with Gasteiger partial charge < -0.3 is 4.57 Å². The number of nitrogens with zero attached hydrogens (tertiary/aromatic N) is 5. The molecule has 0 fully saturated rings. The predicted molar refractivity (Wildman–Crippen MR) is 123 cm³/mol. The van der Waals surface area contributed by atoms with Gasteiger partial charge in [-0.1, -0.05) is 65.6 Å². The first-order chi connectivity index (χ1) is 14.7. The lowest BCUT2D eigenvalue weighted by Crippen LogP contribution is -2.32. The lowest BCUT2D eigenvalue weighted by molar-refractivity contribution is -0.116. The molecule has 2 heterocycles. The molecule has 6 nitrogen and oxygen atoms in total. The van der Waals surface area contributed by atoms with Gasteiger partial charge in [0.15, 0.2) is 10.3 Å². The fraction of sp³-hybridized carbons (Fsp3) is 0.273. The highest BCUT2D eigenvalue weighted by molar-refractivity contribution is 7.99. The van der Waals surface area contributed by atoms with Crippen LogP contribution in [0.5, 0.6) is 0 Å². The van der Waals surface area contributed by atoms with Gasteiger partial charge in [-0.05, 0) is 31.5 Å². The molecule has 0 atom stereocenters. The predicted octanol–water partition coefficient (Wildman–Crippen LogP) is 4.64. The van der Waals surface area contributed by atoms with Crippen molar-refractivity contribution in [3.8, 4) is 0 Å². The number of hydrogen-bond acceptors (Lipinski definition) is 6. The Bertz CT molecular complexity index is 1110. The lowest BCUT2D eigenvalue weighted by Gasteiger charge is -2.17. The Morgan fingerprint density at radius 3 is 2.57 bits per heavy atom. The van der Waals surface area contributed by atoms with Gasteiger partial charge in [0.05, 0.1) is 16.0 Å². The molecule has 0 bridgehead atoms. The Balaban J connectivity index is 1.46. The summed E-state index contributed by atoms with van der Waals surface area (Å²) in [6.45, 7) is 5.39. The number of amides is 1. The summed E-state index contributed by atoms with van der Waals surface area (Å²) in [7, 11) is 0. The largest absolute Gasteiger partial charge is 0.306 e. The van der Waals surface area contributed by atoms with Crippen molar-refractivity contribution in [1.82, 2.24) is 19.7 Å². The zero-order valence-corrected chi connectivity index (χ0v) is 18.6. The minimum Gasteiger partial charge on any atom is -0.306 e. The molecule has 0 N–H and O–H groups in total. The SMILES string of the molecule is CCN(C(=O)CSc1nnc(Cc2ccccc2)n1CC)c1nc2ccccc2s1. The highest BCUT2D eigenvalue weighted by atomic mass is 32.2. The number of fused-ring (bicyclic) bond motifs is 1. The molecule has 0 aliphatic rings. The zero-order chi connectivity index (χ0) is 20.9. The Kier molecular flexibility index (Phi) is 6.44. The number of rotatable bonds is 8. The molecule has 30 heavy (non-hydrogen) atoms. The van der Waals surface area contributed by atoms with E-state index in [1.54, 1.807) is 16.2 Å². The van der Waals surface area contributed by atoms with Crippen LogP contribution in [0.1, 0.15) is 25.2 Å². The first kappa shape index (κ1) is 20.6. The van der Waals surface area contributed by atoms with E-state index >= 15 is 0 Å². The number of para-hydroxylation sites is 1. The molecule has 4 aromatic rings. The summed E-state index contributed by atoms with van der Waals surface area (Å²) in [6.07, 6.45) is 0.725. The minimum atomic E-state index is 0.0248. The number of aromatic nitrogens is 4. The van der Waals surface area contributed by atoms with Gasteiger partial charge in [0.1, 0.15) is 5.82 Å². The fourth-order valence-corrected chi connectivity index (χ4v) is 5.19. The molecule has 4 rings (SSSR count). The average molecular weight is 438 g/mol. The quantitative estimate of drug-likeness (QED) is 0.376. The first-order valence-electron chi connectivity index (χ1n) is 9.94. The topological polar surface area (TPSA) is 63.9 Å². The van der Waals surface area contributed by atoms with Gasteiger partial charge in [0.2, 0.25) is 5.91 Å². The maximum Gasteiger partial charge on any atom is 0.239 e. The molecule has 0 unspecified atom stereocenters. The Hall–Kier alpha value is -2.71. The standard InChI is InChI=1S/C22H23N5OS2/c1-3-26-19(14-16-10-6-5-7-11-16)24-25-22(26)29-15-20(28)27(4-2)21-23-17-12-8-9-13-18(17)30-21/h5-13H,3-4,14-15H2,1-2H3. The van der Waals surface area contributed by atoms with Crippen LogP contribution in [0.4, 0.5) is 5.13 Å². The van der Waals surface area contributed by atoms with Crippen molar-refractivity contribution in [3.63, 3.8) is 0 Å². The highest BCUT2D eigenvalue weighted by Gasteiger charge is 2.20. The zero-order valence-electron chi connectivity index (χ0n) is 17.0. The van der Waals surface area contributed by atoms with Crippen LogP contribution in [-0.4, -0.2) is 38.0 Å². The molecule has 0 saturated heterocycles. The van der Waals surface area contributed by atoms with Crippen LogP contribution in [0.3, 0.4) is 0 Å². The molecular formula is C22H23N5OS2. The van der Waals surface area contributed by atoms with Crippen LogP contribution in [-0.2, 0) is 17.8 Å². The third-order valence-corrected chi connectivity index (χ3v) is 6.78. The van der Waals surface area contributed by atoms with Gasteiger partial charge in [-0.3, -0.25) is 9.69 Å². The molecule has 2 aromatic heterocycles. The third-order valence-electron chi connectivity index (χ3n) is 4.77. The Morgan fingerprint density at radius 1 is 1.07 bits per heavy atom. The fourth-order valence-electron chi connectivity index (χ4n) is 3.25. The highest BCUT2D eigenvalue weighted by Crippen LogP contribution is 2.29. The van der Waals surface area contributed by atoms with Gasteiger partial charge >= 0.3 is 0 Å². The second-order valence-electron chi connectivity index (χ2n) is 6.70. The smallest absolute Gasteiger partial charge is 0.239 e. The summed E-state index contributed by atoms with van der Waals surface area (Å²) < 4.78 is 3.17. The molecule has 0 saturated carbocycles. The van der Waals surface area contributed by atoms with Gasteiger partial charge in [-0.2, -0.15) is 0 Å². The van der Waals surface area contributed by atoms with Crippen LogP contribution in [0.15, 0.2) is 59.8 Å². The number of carbonyl (C=O) groups excluding carboxylic acids is 1. The number of carbonyl (C=O) groups is 1. The van der Waals surface area contributed by atoms with Crippen LogP contribution >= 0.6 is 23.1 Å². The summed E-state index contributed by atoms with van der Waals surface area (Å²) in [5, 5.41) is 10.2. The van der Waals surface area contributed by atoms with E-state index in [9.17, 15) is 4.79 Å². The molecule has 8 heteroatoms. The summed E-state index contributed by atoms with van der Waals surface area (Å²) in [4.78, 5) is 19.3. The van der Waals surface area contributed by atoms with E-state index in [1.165, 1.54) is 17.3 Å². The number of hydrogen-bond donors (Lipinski definition) is 0. The van der Waals surface area contributed by atoms with E-state index in [2.05, 4.69) is 38.8 Å². The third kappa shape index (κ3) is 4.39. The van der Waals surface area contributed by atoms with Crippen molar-refractivity contribution in [2.45, 2.75) is 32.0 Å². The molecule has 1 amide bonds. The van der Waals surface area contributed by atoms with Crippen molar-refractivity contribution < 1.29 is 4.79 Å². The molecule has 0 radical (unpaired) electrons. The van der Waals surface area contributed by atoms with Crippen LogP contribution in [0.2, 0.25) is 0 Å². The number of thioether (sulfide) groups is 1. The summed E-state index contributed by atoms with van der Waals surface area (Å²) in [6, 6.07) is 18.2. The lowest BCUT2D eigenvalue weighted by atomic mass is 10.1. The number of thiazole rings is 1. The van der Waals surface area contributed by atoms with Gasteiger partial charge in [0.25, 0.3) is 0 Å². The van der Waals surface area contributed by atoms with Crippen molar-refractivity contribution in [2.24, 2.45) is 0 Å². The summed E-state index contributed by atoms with van der Waals surface area (Å²) >= 11 is 2.98. The molecule has 0 spiro atoms. The molecule has 2 aromatic carbocycles. The van der Waals surface area contributed by atoms with Crippen LogP contribution in [0.25, 0.3) is 10.2 Å². The Morgan fingerprint density at radius 2 is 1.83 bits per heavy atom. The average Bonchev–Trinajstić information content (AvgIpc) is 3.37. The van der Waals surface area contributed by atoms with Crippen molar-refractivity contribution in [2.75, 3.05) is 17.2 Å². The van der Waals surface area contributed by atoms with E-state index in [-0.39, 0.29) is 5.91 Å². The van der Waals surface area contributed by atoms with E-state index in [0.717, 1.165) is 39.3 Å². The van der Waals surface area contributed by atoms with E-state index in [1.807, 2.05) is 49.4 Å². The second kappa shape index (κ2) is 9.40. The van der Waals surface area contributed by atoms with E-state index in [0.29, 0.717) is 12.3 Å². The summed E-state index contributed by atoms with van der Waals surface area (Å²) in [5.74, 6) is 1.24. The molecular weight excluding hydrogens is 414 g/mol.